The van der Waals surface area contributed by atoms with Gasteiger partial charge >= 0.3 is 0 Å². The highest BCUT2D eigenvalue weighted by atomic mass is 14.2. The van der Waals surface area contributed by atoms with Gasteiger partial charge in [0.1, 0.15) is 0 Å². The molecule has 1 aliphatic carbocycles. The van der Waals surface area contributed by atoms with Gasteiger partial charge in [-0.3, -0.25) is 0 Å². The van der Waals surface area contributed by atoms with E-state index in [1.807, 2.05) is 0 Å². The zero-order chi connectivity index (χ0) is 12.1. The highest BCUT2D eigenvalue weighted by Crippen LogP contribution is 2.29. The highest BCUT2D eigenvalue weighted by molar-refractivity contribution is 5.17. The Bertz CT molecular complexity index is 311. The van der Waals surface area contributed by atoms with Crippen LogP contribution < -0.4 is 0 Å². The molecular weight excluding hydrogens is 192 g/mol. The summed E-state index contributed by atoms with van der Waals surface area (Å²) in [4.78, 5) is 0. The molecule has 0 aromatic heterocycles. The lowest BCUT2D eigenvalue weighted by molar-refractivity contribution is 0.393. The largest absolute Gasteiger partial charge is 0.125 e. The third-order valence-electron chi connectivity index (χ3n) is 3.70. The molecule has 0 nitrogen and oxygen atoms in total. The first kappa shape index (κ1) is 13.3. The number of hydrogen-bond acceptors (Lipinski definition) is 0. The molecule has 0 saturated carbocycles. The quantitative estimate of drug-likeness (QED) is 0.455. The Morgan fingerprint density at radius 3 is 2.69 bits per heavy atom. The number of hydrogen-bond donors (Lipinski definition) is 0. The maximum Gasteiger partial charge on any atom is -0.00600 e. The van der Waals surface area contributed by atoms with Gasteiger partial charge in [-0.15, -0.1) is 5.73 Å². The lowest BCUT2D eigenvalue weighted by Crippen LogP contribution is -2.14. The SMILES string of the molecule is CCC1=C=CC(CC(C)C)C(C)C(C)=CC1. The standard InChI is InChI=1S/C16H26/c1-6-15-8-7-13(4)14(5)16(10-9-15)11-12(2)3/h7,10,12,14,16H,6,8,11H2,1-5H3. The average Bonchev–Trinajstić information content (AvgIpc) is 2.24. The fourth-order valence-electron chi connectivity index (χ4n) is 2.30. The first-order chi connectivity index (χ1) is 7.54. The summed E-state index contributed by atoms with van der Waals surface area (Å²) in [6, 6.07) is 0. The van der Waals surface area contributed by atoms with Crippen LogP contribution in [0.4, 0.5) is 0 Å². The van der Waals surface area contributed by atoms with Crippen molar-refractivity contribution < 1.29 is 0 Å². The molecule has 0 spiro atoms. The second-order valence-electron chi connectivity index (χ2n) is 5.50. The van der Waals surface area contributed by atoms with Crippen LogP contribution in [0.1, 0.15) is 53.9 Å². The summed E-state index contributed by atoms with van der Waals surface area (Å²) in [6.45, 7) is 11.5. The minimum atomic E-state index is 0.665. The Morgan fingerprint density at radius 1 is 1.44 bits per heavy atom. The van der Waals surface area contributed by atoms with E-state index in [1.165, 1.54) is 12.0 Å². The van der Waals surface area contributed by atoms with E-state index in [0.717, 1.165) is 18.8 Å². The summed E-state index contributed by atoms with van der Waals surface area (Å²) in [5, 5.41) is 0. The van der Waals surface area contributed by atoms with Crippen LogP contribution in [0.3, 0.4) is 0 Å². The lowest BCUT2D eigenvalue weighted by Gasteiger charge is -2.24. The smallest absolute Gasteiger partial charge is 0.00600 e. The summed E-state index contributed by atoms with van der Waals surface area (Å²) < 4.78 is 0. The van der Waals surface area contributed by atoms with Crippen molar-refractivity contribution in [2.45, 2.75) is 53.9 Å². The molecule has 1 aliphatic rings. The van der Waals surface area contributed by atoms with Crippen LogP contribution in [0.2, 0.25) is 0 Å². The summed E-state index contributed by atoms with van der Waals surface area (Å²) in [7, 11) is 0. The minimum absolute atomic E-state index is 0.665. The number of allylic oxidation sites excluding steroid dienone is 3. The first-order valence-electron chi connectivity index (χ1n) is 6.65. The van der Waals surface area contributed by atoms with Gasteiger partial charge in [0.05, 0.1) is 0 Å². The monoisotopic (exact) mass is 218 g/mol. The van der Waals surface area contributed by atoms with E-state index in [0.29, 0.717) is 11.8 Å². The minimum Gasteiger partial charge on any atom is -0.125 e. The predicted molar refractivity (Wildman–Crippen MR) is 72.4 cm³/mol. The summed E-state index contributed by atoms with van der Waals surface area (Å²) in [5.41, 5.74) is 6.52. The molecule has 2 unspecified atom stereocenters. The Labute approximate surface area is 101 Å². The molecule has 0 aromatic rings. The molecule has 0 N–H and O–H groups in total. The van der Waals surface area contributed by atoms with Crippen LogP contribution in [0.15, 0.2) is 29.0 Å². The summed E-state index contributed by atoms with van der Waals surface area (Å²) in [5.74, 6) is 2.11. The van der Waals surface area contributed by atoms with E-state index in [2.05, 4.69) is 52.5 Å². The Hall–Kier alpha value is -0.740. The molecular formula is C16H26. The van der Waals surface area contributed by atoms with Crippen LogP contribution in [-0.4, -0.2) is 0 Å². The van der Waals surface area contributed by atoms with Crippen LogP contribution >= 0.6 is 0 Å². The van der Waals surface area contributed by atoms with Crippen molar-refractivity contribution in [3.05, 3.63) is 29.0 Å². The first-order valence-corrected chi connectivity index (χ1v) is 6.65. The van der Waals surface area contributed by atoms with Gasteiger partial charge in [0.25, 0.3) is 0 Å². The molecule has 2 atom stereocenters. The number of rotatable bonds is 3. The van der Waals surface area contributed by atoms with Crippen molar-refractivity contribution in [2.24, 2.45) is 17.8 Å². The molecule has 0 saturated heterocycles. The van der Waals surface area contributed by atoms with E-state index in [9.17, 15) is 0 Å². The third-order valence-corrected chi connectivity index (χ3v) is 3.70. The maximum absolute atomic E-state index is 3.52. The van der Waals surface area contributed by atoms with Gasteiger partial charge in [0, 0.05) is 0 Å². The normalized spacial score (nSPS) is 26.1. The van der Waals surface area contributed by atoms with Crippen LogP contribution in [0.25, 0.3) is 0 Å². The van der Waals surface area contributed by atoms with Crippen molar-refractivity contribution in [1.82, 2.24) is 0 Å². The van der Waals surface area contributed by atoms with Gasteiger partial charge in [0.15, 0.2) is 0 Å². The molecule has 0 radical (unpaired) electrons. The summed E-state index contributed by atoms with van der Waals surface area (Å²) in [6.07, 6.45) is 8.23. The van der Waals surface area contributed by atoms with Crippen molar-refractivity contribution in [2.75, 3.05) is 0 Å². The van der Waals surface area contributed by atoms with E-state index in [4.69, 9.17) is 0 Å². The molecule has 0 fully saturated rings. The second-order valence-corrected chi connectivity index (χ2v) is 5.50. The van der Waals surface area contributed by atoms with E-state index < -0.39 is 0 Å². The molecule has 0 heteroatoms. The van der Waals surface area contributed by atoms with Crippen LogP contribution in [0.5, 0.6) is 0 Å². The highest BCUT2D eigenvalue weighted by Gasteiger charge is 2.18. The van der Waals surface area contributed by atoms with Crippen molar-refractivity contribution in [3.8, 4) is 0 Å². The van der Waals surface area contributed by atoms with E-state index >= 15 is 0 Å². The van der Waals surface area contributed by atoms with Gasteiger partial charge in [0.2, 0.25) is 0 Å². The zero-order valence-electron chi connectivity index (χ0n) is 11.5. The average molecular weight is 218 g/mol. The van der Waals surface area contributed by atoms with Gasteiger partial charge in [-0.2, -0.15) is 0 Å². The van der Waals surface area contributed by atoms with Crippen LogP contribution in [0, 0.1) is 17.8 Å². The van der Waals surface area contributed by atoms with Gasteiger partial charge in [-0.05, 0) is 55.6 Å². The second kappa shape index (κ2) is 6.11. The maximum atomic E-state index is 3.52. The van der Waals surface area contributed by atoms with Crippen LogP contribution in [-0.2, 0) is 0 Å². The van der Waals surface area contributed by atoms with Crippen molar-refractivity contribution in [1.29, 1.82) is 0 Å². The Kier molecular flexibility index (Phi) is 5.09. The molecule has 0 aromatic carbocycles. The molecule has 0 bridgehead atoms. The molecule has 0 aliphatic heterocycles. The lowest BCUT2D eigenvalue weighted by atomic mass is 9.81. The van der Waals surface area contributed by atoms with Gasteiger partial charge in [-0.25, -0.2) is 0 Å². The fraction of sp³-hybridized carbons (Fsp3) is 0.688. The van der Waals surface area contributed by atoms with E-state index in [-0.39, 0.29) is 0 Å². The molecule has 0 heterocycles. The Morgan fingerprint density at radius 2 is 2.12 bits per heavy atom. The van der Waals surface area contributed by atoms with Gasteiger partial charge < -0.3 is 0 Å². The zero-order valence-corrected chi connectivity index (χ0v) is 11.5. The molecule has 1 rings (SSSR count). The third kappa shape index (κ3) is 3.68. The molecule has 90 valence electrons. The molecule has 0 amide bonds. The predicted octanol–water partition coefficient (Wildman–Crippen LogP) is 5.13. The topological polar surface area (TPSA) is 0 Å². The van der Waals surface area contributed by atoms with E-state index in [1.54, 1.807) is 5.57 Å². The molecule has 16 heavy (non-hydrogen) atoms. The van der Waals surface area contributed by atoms with Gasteiger partial charge in [-0.1, -0.05) is 39.3 Å². The van der Waals surface area contributed by atoms with Crippen molar-refractivity contribution >= 4 is 0 Å². The summed E-state index contributed by atoms with van der Waals surface area (Å²) >= 11 is 0. The van der Waals surface area contributed by atoms with Crippen molar-refractivity contribution in [3.63, 3.8) is 0 Å². The fourth-order valence-corrected chi connectivity index (χ4v) is 2.30. The Balaban J connectivity index is 2.94.